The van der Waals surface area contributed by atoms with Gasteiger partial charge in [0.15, 0.2) is 0 Å². The Kier molecular flexibility index (Phi) is 75.5. The Labute approximate surface area is 82.8 Å². The Bertz CT molecular complexity index is 15.5. The molecule has 0 spiro atoms. The second-order valence-electron chi connectivity index (χ2n) is 3.46. The van der Waals surface area contributed by atoms with Crippen LogP contribution in [0.5, 0.6) is 0 Å². The summed E-state index contributed by atoms with van der Waals surface area (Å²) in [5.74, 6) is 1.67. The molecule has 0 nitrogen and oxygen atoms in total. The molecular weight excluding hydrogens is 144 g/mol. The minimum atomic E-state index is 0. The van der Waals surface area contributed by atoms with Gasteiger partial charge in [-0.25, -0.2) is 0 Å². The van der Waals surface area contributed by atoms with Crippen molar-refractivity contribution in [3.8, 4) is 0 Å². The first-order chi connectivity index (χ1) is 4.46. The molecule has 82 valence electrons. The van der Waals surface area contributed by atoms with Crippen molar-refractivity contribution in [2.24, 2.45) is 11.8 Å². The maximum Gasteiger partial charge on any atom is -0.0500 e. The molecule has 12 heavy (non-hydrogen) atoms. The van der Waals surface area contributed by atoms with Gasteiger partial charge in [0.05, 0.1) is 0 Å². The lowest BCUT2D eigenvalue weighted by atomic mass is 10.3. The lowest BCUT2D eigenvalue weighted by molar-refractivity contribution is 0.736. The van der Waals surface area contributed by atoms with E-state index in [4.69, 9.17) is 0 Å². The molecule has 0 saturated carbocycles. The van der Waals surface area contributed by atoms with Gasteiger partial charge in [0, 0.05) is 0 Å². The fourth-order valence-corrected chi connectivity index (χ4v) is 0. The van der Waals surface area contributed by atoms with Gasteiger partial charge in [-0.1, -0.05) is 70.2 Å². The Morgan fingerprint density at radius 2 is 0.500 bits per heavy atom. The molecule has 0 aliphatic carbocycles. The smallest absolute Gasteiger partial charge is 0.0500 e. The van der Waals surface area contributed by atoms with Crippen LogP contribution < -0.4 is 0 Å². The molecule has 0 rings (SSSR count). The predicted octanol–water partition coefficient (Wildman–Crippen LogP) is 5.62. The van der Waals surface area contributed by atoms with Gasteiger partial charge >= 0.3 is 0 Å². The van der Waals surface area contributed by atoms with E-state index in [2.05, 4.69) is 41.5 Å². The van der Waals surface area contributed by atoms with Crippen LogP contribution in [-0.4, -0.2) is 0 Å². The van der Waals surface area contributed by atoms with E-state index in [1.54, 1.807) is 0 Å². The topological polar surface area (TPSA) is 0 Å². The van der Waals surface area contributed by atoms with Gasteiger partial charge in [0.1, 0.15) is 0 Å². The molecule has 0 bridgehead atoms. The molecule has 0 unspecified atom stereocenters. The van der Waals surface area contributed by atoms with E-state index in [1.165, 1.54) is 0 Å². The van der Waals surface area contributed by atoms with E-state index in [0.29, 0.717) is 0 Å². The summed E-state index contributed by atoms with van der Waals surface area (Å²) < 4.78 is 0. The number of rotatable bonds is 0. The van der Waals surface area contributed by atoms with Crippen LogP contribution in [0.4, 0.5) is 0 Å². The molecule has 0 saturated heterocycles. The monoisotopic (exact) mass is 178 g/mol. The zero-order valence-corrected chi connectivity index (χ0v) is 9.15. The summed E-state index contributed by atoms with van der Waals surface area (Å²) in [6, 6.07) is 0. The molecule has 0 heteroatoms. The second-order valence-corrected chi connectivity index (χ2v) is 3.46. The van der Waals surface area contributed by atoms with E-state index >= 15 is 0 Å². The van der Waals surface area contributed by atoms with Crippen LogP contribution in [0.3, 0.4) is 0 Å². The highest BCUT2D eigenvalue weighted by atomic mass is 13.7. The molecular formula is C12H34. The first-order valence-electron chi connectivity index (χ1n) is 4.46. The Balaban J connectivity index is -0.0000000198. The average Bonchev–Trinajstić information content (AvgIpc) is 1.66. The van der Waals surface area contributed by atoms with Crippen molar-refractivity contribution in [3.63, 3.8) is 0 Å². The van der Waals surface area contributed by atoms with Crippen molar-refractivity contribution in [2.75, 3.05) is 0 Å². The number of hydrogen-bond donors (Lipinski definition) is 0. The number of hydrogen-bond acceptors (Lipinski definition) is 0. The van der Waals surface area contributed by atoms with Crippen molar-refractivity contribution < 1.29 is 0 Å². The summed E-state index contributed by atoms with van der Waals surface area (Å²) >= 11 is 0. The molecule has 0 aromatic carbocycles. The predicted molar refractivity (Wildman–Crippen MR) is 65.8 cm³/mol. The van der Waals surface area contributed by atoms with Gasteiger partial charge in [0.2, 0.25) is 0 Å². The summed E-state index contributed by atoms with van der Waals surface area (Å²) in [4.78, 5) is 0. The van der Waals surface area contributed by atoms with Gasteiger partial charge in [-0.3, -0.25) is 0 Å². The fraction of sp³-hybridized carbons (Fsp3) is 1.00. The molecule has 0 amide bonds. The minimum absolute atomic E-state index is 0. The molecule has 0 aromatic heterocycles. The highest BCUT2D eigenvalue weighted by molar-refractivity contribution is 4.21. The van der Waals surface area contributed by atoms with Crippen LogP contribution in [0.25, 0.3) is 0 Å². The Morgan fingerprint density at radius 1 is 0.500 bits per heavy atom. The van der Waals surface area contributed by atoms with Crippen molar-refractivity contribution in [1.29, 1.82) is 0 Å². The Hall–Kier alpha value is 0. The minimum Gasteiger partial charge on any atom is -0.0776 e. The van der Waals surface area contributed by atoms with Gasteiger partial charge in [-0.2, -0.15) is 0 Å². The zero-order chi connectivity index (χ0) is 9.15. The summed E-state index contributed by atoms with van der Waals surface area (Å²) in [5, 5.41) is 0. The molecule has 0 aliphatic heterocycles. The molecule has 0 heterocycles. The van der Waals surface area contributed by atoms with Crippen LogP contribution in [0.1, 0.15) is 70.2 Å². The quantitative estimate of drug-likeness (QED) is 0.451. The normalized spacial score (nSPS) is 6.50. The zero-order valence-electron chi connectivity index (χ0n) is 9.15. The lowest BCUT2D eigenvalue weighted by Crippen LogP contribution is -1.66. The van der Waals surface area contributed by atoms with Gasteiger partial charge in [-0.05, 0) is 11.8 Å². The van der Waals surface area contributed by atoms with E-state index in [9.17, 15) is 0 Å². The third kappa shape index (κ3) is 0. The van der Waals surface area contributed by atoms with Crippen molar-refractivity contribution >= 4 is 0 Å². The highest BCUT2D eigenvalue weighted by Gasteiger charge is 1.68. The van der Waals surface area contributed by atoms with E-state index in [1.807, 2.05) is 13.8 Å². The molecule has 0 fully saturated rings. The largest absolute Gasteiger partial charge is 0.0776 e. The van der Waals surface area contributed by atoms with Crippen LogP contribution in [0.15, 0.2) is 0 Å². The fourth-order valence-electron chi connectivity index (χ4n) is 0. The van der Waals surface area contributed by atoms with Gasteiger partial charge in [-0.15, -0.1) is 0 Å². The van der Waals surface area contributed by atoms with Crippen molar-refractivity contribution in [2.45, 2.75) is 70.2 Å². The summed E-state index contributed by atoms with van der Waals surface area (Å²) in [6.07, 6.45) is 0. The molecule has 0 radical (unpaired) electrons. The molecule has 0 aromatic rings. The third-order valence-corrected chi connectivity index (χ3v) is 0. The van der Waals surface area contributed by atoms with E-state index in [-0.39, 0.29) is 14.9 Å². The summed E-state index contributed by atoms with van der Waals surface area (Å²) in [7, 11) is 0. The molecule has 0 N–H and O–H groups in total. The van der Waals surface area contributed by atoms with Crippen LogP contribution >= 0.6 is 0 Å². The van der Waals surface area contributed by atoms with E-state index < -0.39 is 0 Å². The Morgan fingerprint density at radius 3 is 0.500 bits per heavy atom. The van der Waals surface area contributed by atoms with Crippen LogP contribution in [0, 0.1) is 11.8 Å². The first-order valence-corrected chi connectivity index (χ1v) is 4.46. The molecule has 0 aliphatic rings. The van der Waals surface area contributed by atoms with Gasteiger partial charge in [0.25, 0.3) is 0 Å². The van der Waals surface area contributed by atoms with Crippen molar-refractivity contribution in [1.82, 2.24) is 0 Å². The van der Waals surface area contributed by atoms with Gasteiger partial charge < -0.3 is 0 Å². The maximum atomic E-state index is 2.17. The van der Waals surface area contributed by atoms with Crippen molar-refractivity contribution in [3.05, 3.63) is 0 Å². The van der Waals surface area contributed by atoms with E-state index in [0.717, 1.165) is 11.8 Å². The summed E-state index contributed by atoms with van der Waals surface area (Å²) in [5.41, 5.74) is 0. The highest BCUT2D eigenvalue weighted by Crippen LogP contribution is 1.81. The summed E-state index contributed by atoms with van der Waals surface area (Å²) in [6.45, 7) is 17.0. The maximum absolute atomic E-state index is 2.17. The molecule has 0 atom stereocenters. The first kappa shape index (κ1) is 29.6. The third-order valence-electron chi connectivity index (χ3n) is 0. The standard InChI is InChI=1S/2C4H10.C2H6.2CH4/c2*1-4(2)3;1-2;;/h2*4H,1-3H3;1-2H3;2*1H4. The second kappa shape index (κ2) is 30.6. The SMILES string of the molecule is C.C.CC.CC(C)C.CC(C)C. The van der Waals surface area contributed by atoms with Crippen LogP contribution in [0.2, 0.25) is 0 Å². The lowest BCUT2D eigenvalue weighted by Gasteiger charge is -1.79. The average molecular weight is 178 g/mol. The van der Waals surface area contributed by atoms with Crippen LogP contribution in [-0.2, 0) is 0 Å².